The van der Waals surface area contributed by atoms with Crippen molar-refractivity contribution in [3.8, 4) is 0 Å². The number of carbonyl (C=O) groups is 2. The van der Waals surface area contributed by atoms with Crippen LogP contribution in [-0.2, 0) is 32.2 Å². The van der Waals surface area contributed by atoms with Gasteiger partial charge in [-0.15, -0.1) is 0 Å². The van der Waals surface area contributed by atoms with Crippen molar-refractivity contribution in [2.24, 2.45) is 5.92 Å². The van der Waals surface area contributed by atoms with E-state index in [1.54, 1.807) is 12.4 Å². The van der Waals surface area contributed by atoms with Gasteiger partial charge in [0.1, 0.15) is 0 Å². The summed E-state index contributed by atoms with van der Waals surface area (Å²) in [5, 5.41) is 14.2. The van der Waals surface area contributed by atoms with Gasteiger partial charge in [-0.2, -0.15) is 26.3 Å². The molecular formula is C23H25F6N3O6. The molecule has 1 spiro atoms. The number of hydrogen-bond donors (Lipinski definition) is 2. The van der Waals surface area contributed by atoms with Crippen LogP contribution in [0.4, 0.5) is 26.3 Å². The van der Waals surface area contributed by atoms with Gasteiger partial charge in [0.2, 0.25) is 0 Å². The van der Waals surface area contributed by atoms with E-state index in [0.29, 0.717) is 12.5 Å². The van der Waals surface area contributed by atoms with Crippen LogP contribution < -0.4 is 0 Å². The minimum atomic E-state index is -5.08. The number of pyridine rings is 2. The Morgan fingerprint density at radius 2 is 1.55 bits per heavy atom. The molecule has 38 heavy (non-hydrogen) atoms. The maximum atomic E-state index is 10.6. The molecule has 2 aromatic rings. The van der Waals surface area contributed by atoms with E-state index < -0.39 is 24.3 Å². The van der Waals surface area contributed by atoms with Crippen LogP contribution in [0.25, 0.3) is 0 Å². The molecule has 210 valence electrons. The first-order valence-corrected chi connectivity index (χ1v) is 11.0. The Morgan fingerprint density at radius 3 is 2.05 bits per heavy atom. The molecule has 2 N–H and O–H groups in total. The van der Waals surface area contributed by atoms with Crippen molar-refractivity contribution in [2.75, 3.05) is 26.3 Å². The fourth-order valence-electron chi connectivity index (χ4n) is 3.74. The number of likely N-dealkylation sites (tertiary alicyclic amines) is 1. The molecular weight excluding hydrogens is 528 g/mol. The molecule has 4 heterocycles. The molecule has 0 aromatic carbocycles. The van der Waals surface area contributed by atoms with Crippen molar-refractivity contribution in [3.63, 3.8) is 0 Å². The molecule has 0 saturated carbocycles. The molecule has 9 nitrogen and oxygen atoms in total. The maximum Gasteiger partial charge on any atom is 0.490 e. The largest absolute Gasteiger partial charge is 0.490 e. The molecule has 15 heteroatoms. The number of rotatable bonds is 6. The van der Waals surface area contributed by atoms with E-state index in [1.807, 2.05) is 30.6 Å². The average Bonchev–Trinajstić information content (AvgIpc) is 3.23. The molecule has 2 aromatic heterocycles. The van der Waals surface area contributed by atoms with Gasteiger partial charge >= 0.3 is 24.3 Å². The van der Waals surface area contributed by atoms with Gasteiger partial charge in [0, 0.05) is 56.9 Å². The second-order valence-electron chi connectivity index (χ2n) is 8.38. The summed E-state index contributed by atoms with van der Waals surface area (Å²) in [7, 11) is 0. The average molecular weight is 553 g/mol. The Labute approximate surface area is 213 Å². The number of carboxylic acids is 2. The van der Waals surface area contributed by atoms with Crippen LogP contribution >= 0.6 is 0 Å². The molecule has 2 fully saturated rings. The van der Waals surface area contributed by atoms with E-state index in [4.69, 9.17) is 29.3 Å². The highest BCUT2D eigenvalue weighted by atomic mass is 19.4. The fraction of sp³-hybridized carbons (Fsp3) is 0.478. The lowest BCUT2D eigenvalue weighted by Crippen LogP contribution is -2.64. The highest BCUT2D eigenvalue weighted by Crippen LogP contribution is 2.40. The number of carboxylic acid groups (broad SMARTS) is 2. The summed E-state index contributed by atoms with van der Waals surface area (Å²) < 4.78 is 75.5. The normalized spacial score (nSPS) is 18.4. The number of halogens is 6. The van der Waals surface area contributed by atoms with Crippen molar-refractivity contribution in [1.82, 2.24) is 14.9 Å². The minimum absolute atomic E-state index is 0.000449. The fourth-order valence-corrected chi connectivity index (χ4v) is 3.74. The SMILES string of the molecule is O=C(O)C(F)(F)F.O=C(O)C(F)(F)F.c1cncc(CN2CC3(C2)OCCC3COCc2ccncc2)c1. The number of hydrogen-bond acceptors (Lipinski definition) is 7. The molecule has 1 unspecified atom stereocenters. The number of aliphatic carboxylic acids is 2. The van der Waals surface area contributed by atoms with Gasteiger partial charge in [-0.25, -0.2) is 9.59 Å². The van der Waals surface area contributed by atoms with E-state index >= 15 is 0 Å². The highest BCUT2D eigenvalue weighted by molar-refractivity contribution is 5.73. The second kappa shape index (κ2) is 13.5. The molecule has 0 aliphatic carbocycles. The van der Waals surface area contributed by atoms with Crippen molar-refractivity contribution in [1.29, 1.82) is 0 Å². The van der Waals surface area contributed by atoms with Gasteiger partial charge in [-0.1, -0.05) is 6.07 Å². The molecule has 0 radical (unpaired) electrons. The van der Waals surface area contributed by atoms with Gasteiger partial charge < -0.3 is 19.7 Å². The van der Waals surface area contributed by atoms with Crippen LogP contribution in [0.2, 0.25) is 0 Å². The monoisotopic (exact) mass is 553 g/mol. The lowest BCUT2D eigenvalue weighted by molar-refractivity contribution is -0.193. The van der Waals surface area contributed by atoms with E-state index in [1.165, 1.54) is 11.1 Å². The summed E-state index contributed by atoms with van der Waals surface area (Å²) >= 11 is 0. The van der Waals surface area contributed by atoms with Gasteiger partial charge in [-0.05, 0) is 35.7 Å². The van der Waals surface area contributed by atoms with Gasteiger partial charge in [0.25, 0.3) is 0 Å². The smallest absolute Gasteiger partial charge is 0.475 e. The molecule has 2 saturated heterocycles. The van der Waals surface area contributed by atoms with Gasteiger partial charge in [0.05, 0.1) is 18.8 Å². The summed E-state index contributed by atoms with van der Waals surface area (Å²) in [5.74, 6) is -5.02. The van der Waals surface area contributed by atoms with Crippen molar-refractivity contribution < 1.29 is 55.6 Å². The zero-order valence-corrected chi connectivity index (χ0v) is 19.8. The Balaban J connectivity index is 0.000000301. The quantitative estimate of drug-likeness (QED) is 0.517. The third-order valence-electron chi connectivity index (χ3n) is 5.53. The Bertz CT molecular complexity index is 994. The zero-order valence-electron chi connectivity index (χ0n) is 19.8. The summed E-state index contributed by atoms with van der Waals surface area (Å²) in [5.41, 5.74) is 2.43. The number of nitrogens with zero attached hydrogens (tertiary/aromatic N) is 3. The lowest BCUT2D eigenvalue weighted by atomic mass is 9.81. The standard InChI is InChI=1S/C19H23N3O2.2C2HF3O2/c1-2-17(10-21-6-1)11-22-14-19(15-22)18(5-9-24-19)13-23-12-16-3-7-20-8-4-16;2*3-2(4,5)1(6)7/h1-4,6-8,10,18H,5,9,11-15H2;2*(H,6,7). The topological polar surface area (TPSA) is 122 Å². The van der Waals surface area contributed by atoms with Crippen molar-refractivity contribution >= 4 is 11.9 Å². The third kappa shape index (κ3) is 9.87. The van der Waals surface area contributed by atoms with Crippen molar-refractivity contribution in [2.45, 2.75) is 37.5 Å². The minimum Gasteiger partial charge on any atom is -0.475 e. The van der Waals surface area contributed by atoms with Crippen molar-refractivity contribution in [3.05, 3.63) is 60.2 Å². The van der Waals surface area contributed by atoms with E-state index in [9.17, 15) is 26.3 Å². The van der Waals surface area contributed by atoms with Crippen LogP contribution in [0, 0.1) is 5.92 Å². The van der Waals surface area contributed by atoms with E-state index in [0.717, 1.165) is 39.3 Å². The number of aromatic nitrogens is 2. The first-order chi connectivity index (χ1) is 17.7. The predicted molar refractivity (Wildman–Crippen MR) is 118 cm³/mol. The highest BCUT2D eigenvalue weighted by Gasteiger charge is 2.52. The first kappa shape index (κ1) is 30.9. The van der Waals surface area contributed by atoms with Gasteiger partial charge in [-0.3, -0.25) is 14.9 Å². The molecule has 1 atom stereocenters. The summed E-state index contributed by atoms with van der Waals surface area (Å²) in [6.07, 6.45) is -1.70. The van der Waals surface area contributed by atoms with E-state index in [-0.39, 0.29) is 5.60 Å². The zero-order chi connectivity index (χ0) is 28.4. The van der Waals surface area contributed by atoms with Crippen LogP contribution in [0.3, 0.4) is 0 Å². The molecule has 0 amide bonds. The Hall–Kier alpha value is -3.30. The Morgan fingerprint density at radius 1 is 0.974 bits per heavy atom. The van der Waals surface area contributed by atoms with Gasteiger partial charge in [0.15, 0.2) is 0 Å². The summed E-state index contributed by atoms with van der Waals surface area (Å²) in [6, 6.07) is 8.12. The van der Waals surface area contributed by atoms with Crippen LogP contribution in [0.15, 0.2) is 49.1 Å². The first-order valence-electron chi connectivity index (χ1n) is 11.0. The third-order valence-corrected chi connectivity index (χ3v) is 5.53. The molecule has 2 aliphatic heterocycles. The number of alkyl halides is 6. The molecule has 2 aliphatic rings. The Kier molecular flexibility index (Phi) is 11.0. The van der Waals surface area contributed by atoms with Crippen LogP contribution in [-0.4, -0.2) is 81.3 Å². The van der Waals surface area contributed by atoms with Crippen LogP contribution in [0.5, 0.6) is 0 Å². The second-order valence-corrected chi connectivity index (χ2v) is 8.38. The molecule has 4 rings (SSSR count). The number of ether oxygens (including phenoxy) is 2. The van der Waals surface area contributed by atoms with E-state index in [2.05, 4.69) is 20.9 Å². The summed E-state index contributed by atoms with van der Waals surface area (Å²) in [4.78, 5) is 28.4. The molecule has 0 bridgehead atoms. The maximum absolute atomic E-state index is 10.6. The lowest BCUT2D eigenvalue weighted by Gasteiger charge is -2.50. The predicted octanol–water partition coefficient (Wildman–Crippen LogP) is 3.55. The summed E-state index contributed by atoms with van der Waals surface area (Å²) in [6.45, 7) is 5.20. The van der Waals surface area contributed by atoms with Crippen LogP contribution in [0.1, 0.15) is 17.5 Å².